The molecule has 1 aliphatic rings. The van der Waals surface area contributed by atoms with Gasteiger partial charge < -0.3 is 0 Å². The van der Waals surface area contributed by atoms with Gasteiger partial charge in [0.25, 0.3) is 11.3 Å². The Bertz CT molecular complexity index is 612. The lowest BCUT2D eigenvalue weighted by Crippen LogP contribution is -2.74. The van der Waals surface area contributed by atoms with E-state index in [0.717, 1.165) is 0 Å². The van der Waals surface area contributed by atoms with E-state index in [-0.39, 0.29) is 0 Å². The summed E-state index contributed by atoms with van der Waals surface area (Å²) in [6.45, 7) is 0. The lowest BCUT2D eigenvalue weighted by atomic mass is 9.71. The second-order valence-electron chi connectivity index (χ2n) is 4.72. The first-order valence-corrected chi connectivity index (χ1v) is 7.11. The van der Waals surface area contributed by atoms with Crippen LogP contribution in [0.5, 0.6) is 0 Å². The highest BCUT2D eigenvalue weighted by Gasteiger charge is 2.91. The Hall–Kier alpha value is -0.540. The van der Waals surface area contributed by atoms with Gasteiger partial charge in [-0.15, -0.1) is 0 Å². The molecule has 0 nitrogen and oxygen atoms in total. The van der Waals surface area contributed by atoms with E-state index >= 15 is 0 Å². The van der Waals surface area contributed by atoms with Crippen molar-refractivity contribution in [3.63, 3.8) is 0 Å². The molecule has 1 rings (SSSR count). The molecule has 2 unspecified atom stereocenters. The Balaban J connectivity index is 4.15. The Morgan fingerprint density at radius 3 is 0.885 bits per heavy atom. The molecule has 0 amide bonds. The van der Waals surface area contributed by atoms with E-state index in [1.54, 1.807) is 0 Å². The molecule has 0 fully saturated rings. The summed E-state index contributed by atoms with van der Waals surface area (Å²) in [5.41, 5.74) is -14.3. The van der Waals surface area contributed by atoms with Gasteiger partial charge in [0.1, 0.15) is 0 Å². The maximum Gasteiger partial charge on any atom is 0.367 e. The van der Waals surface area contributed by atoms with Gasteiger partial charge in [0.2, 0.25) is 0 Å². The third kappa shape index (κ3) is 2.53. The van der Waals surface area contributed by atoms with Crippen LogP contribution in [0.1, 0.15) is 0 Å². The monoisotopic (exact) mass is 544 g/mol. The van der Waals surface area contributed by atoms with Crippen molar-refractivity contribution in [2.45, 2.75) is 32.8 Å². The minimum atomic E-state index is -7.18. The van der Waals surface area contributed by atoms with Crippen LogP contribution in [-0.2, 0) is 0 Å². The summed E-state index contributed by atoms with van der Waals surface area (Å²) in [5, 5.41) is 0. The predicted octanol–water partition coefficient (Wildman–Crippen LogP) is 6.96. The van der Waals surface area contributed by atoms with Crippen molar-refractivity contribution in [1.29, 1.82) is 0 Å². The second-order valence-corrected chi connectivity index (χ2v) is 6.71. The zero-order valence-electron chi connectivity index (χ0n) is 11.0. The number of rotatable bonds is 4. The van der Waals surface area contributed by atoms with Crippen molar-refractivity contribution in [3.8, 4) is 0 Å². The standard InChI is InChI=1S/C10Br2F14/c11-9(23,24)7(19,20)5(17)3(15)1(13)2(14)4(16)6(5,18)8(21,22)10(12,25)26. The van der Waals surface area contributed by atoms with Crippen LogP contribution < -0.4 is 0 Å². The first-order valence-electron chi connectivity index (χ1n) is 5.52. The minimum absolute atomic E-state index is 0.644. The first kappa shape index (κ1) is 23.5. The van der Waals surface area contributed by atoms with Gasteiger partial charge in [-0.05, 0) is 31.9 Å². The highest BCUT2D eigenvalue weighted by atomic mass is 79.9. The number of alkyl halides is 12. The molecule has 0 aliphatic heterocycles. The summed E-state index contributed by atoms with van der Waals surface area (Å²) < 4.78 is 188. The molecule has 0 aromatic carbocycles. The van der Waals surface area contributed by atoms with Gasteiger partial charge in [-0.1, -0.05) is 0 Å². The van der Waals surface area contributed by atoms with E-state index < -0.39 is 56.2 Å². The lowest BCUT2D eigenvalue weighted by molar-refractivity contribution is -0.317. The summed E-state index contributed by atoms with van der Waals surface area (Å²) in [6.07, 6.45) is 0. The first-order chi connectivity index (χ1) is 11.1. The highest BCUT2D eigenvalue weighted by molar-refractivity contribution is 9.10. The number of hydrogen-bond donors (Lipinski definition) is 0. The van der Waals surface area contributed by atoms with Gasteiger partial charge in [-0.25, -0.2) is 26.3 Å². The Morgan fingerprint density at radius 2 is 0.731 bits per heavy atom. The molecule has 26 heavy (non-hydrogen) atoms. The van der Waals surface area contributed by atoms with Crippen molar-refractivity contribution < 1.29 is 61.5 Å². The fourth-order valence-corrected chi connectivity index (χ4v) is 2.44. The van der Waals surface area contributed by atoms with Crippen molar-refractivity contribution in [3.05, 3.63) is 23.3 Å². The van der Waals surface area contributed by atoms with Crippen molar-refractivity contribution in [2.75, 3.05) is 0 Å². The summed E-state index contributed by atoms with van der Waals surface area (Å²) >= 11 is 1.29. The summed E-state index contributed by atoms with van der Waals surface area (Å²) in [6, 6.07) is 0. The molecule has 152 valence electrons. The molecule has 1 aliphatic carbocycles. The Labute approximate surface area is 150 Å². The van der Waals surface area contributed by atoms with Gasteiger partial charge in [0.05, 0.1) is 0 Å². The smallest absolute Gasteiger partial charge is 0.224 e. The zero-order chi connectivity index (χ0) is 21.3. The number of hydrogen-bond acceptors (Lipinski definition) is 0. The molecule has 0 saturated heterocycles. The molecule has 0 bridgehead atoms. The quantitative estimate of drug-likeness (QED) is 0.265. The average Bonchev–Trinajstić information content (AvgIpc) is 2.46. The third-order valence-electron chi connectivity index (χ3n) is 3.24. The maximum atomic E-state index is 14.4. The average molecular weight is 546 g/mol. The van der Waals surface area contributed by atoms with Crippen molar-refractivity contribution in [1.82, 2.24) is 0 Å². The number of halogens is 16. The van der Waals surface area contributed by atoms with Gasteiger partial charge in [-0.2, -0.15) is 35.1 Å². The maximum absolute atomic E-state index is 14.4. The van der Waals surface area contributed by atoms with E-state index in [9.17, 15) is 61.5 Å². The van der Waals surface area contributed by atoms with E-state index in [4.69, 9.17) is 0 Å². The van der Waals surface area contributed by atoms with Crippen LogP contribution in [0.2, 0.25) is 0 Å². The largest absolute Gasteiger partial charge is 0.367 e. The van der Waals surface area contributed by atoms with Crippen LogP contribution in [0.3, 0.4) is 0 Å². The molecule has 0 radical (unpaired) electrons. The zero-order valence-corrected chi connectivity index (χ0v) is 14.2. The van der Waals surface area contributed by atoms with Crippen molar-refractivity contribution >= 4 is 31.9 Å². The fraction of sp³-hybridized carbons (Fsp3) is 0.600. The summed E-state index contributed by atoms with van der Waals surface area (Å²) in [4.78, 5) is -12.5. The van der Waals surface area contributed by atoms with E-state index in [2.05, 4.69) is 0 Å². The van der Waals surface area contributed by atoms with Gasteiger partial charge in [0, 0.05) is 0 Å². The summed E-state index contributed by atoms with van der Waals surface area (Å²) in [5.74, 6) is -30.5. The second kappa shape index (κ2) is 5.98. The van der Waals surface area contributed by atoms with E-state index in [1.807, 2.05) is 0 Å². The third-order valence-corrected chi connectivity index (χ3v) is 4.23. The van der Waals surface area contributed by atoms with Crippen LogP contribution in [0.15, 0.2) is 23.3 Å². The molecule has 16 heteroatoms. The van der Waals surface area contributed by atoms with E-state index in [1.165, 1.54) is 0 Å². The minimum Gasteiger partial charge on any atom is -0.224 e. The fourth-order valence-electron chi connectivity index (χ4n) is 1.90. The van der Waals surface area contributed by atoms with Gasteiger partial charge in [0.15, 0.2) is 23.3 Å². The van der Waals surface area contributed by atoms with Crippen LogP contribution in [-0.4, -0.2) is 32.8 Å². The van der Waals surface area contributed by atoms with Gasteiger partial charge >= 0.3 is 21.5 Å². The molecule has 0 aromatic rings. The lowest BCUT2D eigenvalue weighted by Gasteiger charge is -2.47. The SMILES string of the molecule is FC1=C(F)C(F)(C(F)(F)C(F)(F)Br)C(F)(C(F)(F)C(F)(F)Br)C(F)=C1F. The van der Waals surface area contributed by atoms with Gasteiger partial charge in [-0.3, -0.25) is 0 Å². The normalized spacial score (nSPS) is 29.5. The topological polar surface area (TPSA) is 0 Å². The van der Waals surface area contributed by atoms with Crippen LogP contribution in [0, 0.1) is 0 Å². The van der Waals surface area contributed by atoms with Crippen LogP contribution in [0.4, 0.5) is 61.5 Å². The highest BCUT2D eigenvalue weighted by Crippen LogP contribution is 2.68. The molecular formula is C10Br2F14. The van der Waals surface area contributed by atoms with Crippen LogP contribution in [0.25, 0.3) is 0 Å². The van der Waals surface area contributed by atoms with E-state index in [0.29, 0.717) is 31.9 Å². The molecule has 0 aromatic heterocycles. The molecule has 0 heterocycles. The molecule has 2 atom stereocenters. The molecular weight excluding hydrogens is 546 g/mol. The number of allylic oxidation sites excluding steroid dienone is 4. The molecule has 0 N–H and O–H groups in total. The van der Waals surface area contributed by atoms with Crippen molar-refractivity contribution in [2.24, 2.45) is 0 Å². The molecule has 0 spiro atoms. The van der Waals surface area contributed by atoms with Crippen LogP contribution >= 0.6 is 31.9 Å². The summed E-state index contributed by atoms with van der Waals surface area (Å²) in [7, 11) is 0. The Morgan fingerprint density at radius 1 is 0.538 bits per heavy atom. The Kier molecular flexibility index (Phi) is 5.40. The predicted molar refractivity (Wildman–Crippen MR) is 63.8 cm³/mol. The molecule has 0 saturated carbocycles.